The van der Waals surface area contributed by atoms with Gasteiger partial charge in [0.2, 0.25) is 0 Å². The van der Waals surface area contributed by atoms with Crippen LogP contribution in [0, 0.1) is 17.1 Å². The van der Waals surface area contributed by atoms with Crippen LogP contribution in [-0.2, 0) is 5.41 Å². The van der Waals surface area contributed by atoms with Crippen LogP contribution < -0.4 is 0 Å². The molecule has 0 amide bonds. The minimum Gasteiger partial charge on any atom is -0.306 e. The van der Waals surface area contributed by atoms with E-state index in [-0.39, 0.29) is 5.82 Å². The van der Waals surface area contributed by atoms with Gasteiger partial charge in [-0.15, -0.1) is 0 Å². The monoisotopic (exact) mass is 232 g/mol. The van der Waals surface area contributed by atoms with E-state index in [1.807, 2.05) is 6.07 Å². The number of hydrogen-bond donors (Lipinski definition) is 0. The Balaban J connectivity index is 2.34. The molecule has 3 heteroatoms. The van der Waals surface area contributed by atoms with Crippen molar-refractivity contribution in [3.8, 4) is 6.07 Å². The molecule has 1 aliphatic rings. The Morgan fingerprint density at radius 2 is 2.18 bits per heavy atom. The van der Waals surface area contributed by atoms with Crippen LogP contribution in [0.5, 0.6) is 0 Å². The van der Waals surface area contributed by atoms with E-state index in [9.17, 15) is 9.65 Å². The van der Waals surface area contributed by atoms with Gasteiger partial charge in [-0.2, -0.15) is 5.26 Å². The summed E-state index contributed by atoms with van der Waals surface area (Å²) >= 11 is 0. The molecular weight excluding hydrogens is 215 g/mol. The predicted molar refractivity (Wildman–Crippen MR) is 65.0 cm³/mol. The van der Waals surface area contributed by atoms with Crippen molar-refractivity contribution >= 4 is 0 Å². The van der Waals surface area contributed by atoms with Gasteiger partial charge in [-0.25, -0.2) is 4.39 Å². The molecule has 0 radical (unpaired) electrons. The Morgan fingerprint density at radius 3 is 2.88 bits per heavy atom. The number of rotatable bonds is 1. The maximum Gasteiger partial charge on any atom is 0.123 e. The van der Waals surface area contributed by atoms with Crippen molar-refractivity contribution in [2.24, 2.45) is 0 Å². The molecular formula is C14H17FN2. The average molecular weight is 232 g/mol. The molecule has 0 spiro atoms. The summed E-state index contributed by atoms with van der Waals surface area (Å²) in [7, 11) is 2.07. The van der Waals surface area contributed by atoms with Crippen molar-refractivity contribution in [2.75, 3.05) is 20.1 Å². The summed E-state index contributed by atoms with van der Waals surface area (Å²) in [4.78, 5) is 2.23. The van der Waals surface area contributed by atoms with Crippen molar-refractivity contribution in [1.82, 2.24) is 4.90 Å². The molecule has 1 unspecified atom stereocenters. The fraction of sp³-hybridized carbons (Fsp3) is 0.500. The van der Waals surface area contributed by atoms with Crippen LogP contribution in [0.4, 0.5) is 4.39 Å². The van der Waals surface area contributed by atoms with Crippen LogP contribution in [0.2, 0.25) is 0 Å². The van der Waals surface area contributed by atoms with Crippen LogP contribution in [0.1, 0.15) is 24.8 Å². The van der Waals surface area contributed by atoms with Crippen LogP contribution in [-0.4, -0.2) is 25.0 Å². The van der Waals surface area contributed by atoms with E-state index < -0.39 is 5.41 Å². The number of halogens is 1. The Bertz CT molecular complexity index is 438. The number of benzene rings is 1. The molecule has 0 N–H and O–H groups in total. The third-order valence-electron chi connectivity index (χ3n) is 3.65. The third kappa shape index (κ3) is 2.48. The predicted octanol–water partition coefficient (Wildman–Crippen LogP) is 2.70. The van der Waals surface area contributed by atoms with Gasteiger partial charge in [-0.05, 0) is 57.1 Å². The van der Waals surface area contributed by atoms with E-state index in [1.165, 1.54) is 12.1 Å². The lowest BCUT2D eigenvalue weighted by molar-refractivity contribution is 0.342. The van der Waals surface area contributed by atoms with Crippen molar-refractivity contribution < 1.29 is 4.39 Å². The Hall–Kier alpha value is -1.40. The fourth-order valence-corrected chi connectivity index (χ4v) is 2.52. The Kier molecular flexibility index (Phi) is 3.44. The van der Waals surface area contributed by atoms with Crippen LogP contribution in [0.25, 0.3) is 0 Å². The first-order valence-electron chi connectivity index (χ1n) is 6.02. The normalized spacial score (nSPS) is 26.2. The lowest BCUT2D eigenvalue weighted by atomic mass is 9.76. The second-order valence-corrected chi connectivity index (χ2v) is 4.86. The van der Waals surface area contributed by atoms with Gasteiger partial charge in [0.15, 0.2) is 0 Å². The lowest BCUT2D eigenvalue weighted by Crippen LogP contribution is -2.26. The first-order valence-corrected chi connectivity index (χ1v) is 6.02. The number of hydrogen-bond acceptors (Lipinski definition) is 2. The Labute approximate surface area is 102 Å². The second-order valence-electron chi connectivity index (χ2n) is 4.86. The SMILES string of the molecule is CN1CCCC(C#N)(c2cccc(F)c2)CC1. The van der Waals surface area contributed by atoms with Crippen LogP contribution in [0.3, 0.4) is 0 Å². The highest BCUT2D eigenvalue weighted by atomic mass is 19.1. The molecule has 0 bridgehead atoms. The number of nitrogens with zero attached hydrogens (tertiary/aromatic N) is 2. The van der Waals surface area contributed by atoms with E-state index in [0.717, 1.165) is 37.9 Å². The zero-order valence-electron chi connectivity index (χ0n) is 10.1. The number of likely N-dealkylation sites (tertiary alicyclic amines) is 1. The molecule has 1 fully saturated rings. The van der Waals surface area contributed by atoms with Gasteiger partial charge >= 0.3 is 0 Å². The molecule has 0 saturated carbocycles. The molecule has 1 atom stereocenters. The van der Waals surface area contributed by atoms with Gasteiger partial charge in [-0.3, -0.25) is 0 Å². The molecule has 17 heavy (non-hydrogen) atoms. The van der Waals surface area contributed by atoms with Crippen LogP contribution >= 0.6 is 0 Å². The zero-order chi connectivity index (χ0) is 12.3. The molecule has 2 rings (SSSR count). The van der Waals surface area contributed by atoms with E-state index >= 15 is 0 Å². The van der Waals surface area contributed by atoms with Crippen molar-refractivity contribution in [3.63, 3.8) is 0 Å². The van der Waals surface area contributed by atoms with Crippen molar-refractivity contribution in [1.29, 1.82) is 5.26 Å². The highest BCUT2D eigenvalue weighted by Gasteiger charge is 2.34. The van der Waals surface area contributed by atoms with Crippen LogP contribution in [0.15, 0.2) is 24.3 Å². The summed E-state index contributed by atoms with van der Waals surface area (Å²) in [6.45, 7) is 1.91. The minimum absolute atomic E-state index is 0.255. The van der Waals surface area contributed by atoms with E-state index in [0.29, 0.717) is 0 Å². The summed E-state index contributed by atoms with van der Waals surface area (Å²) in [5.74, 6) is -0.255. The van der Waals surface area contributed by atoms with Crippen molar-refractivity contribution in [2.45, 2.75) is 24.7 Å². The quantitative estimate of drug-likeness (QED) is 0.744. The van der Waals surface area contributed by atoms with E-state index in [2.05, 4.69) is 18.0 Å². The van der Waals surface area contributed by atoms with Gasteiger partial charge in [0, 0.05) is 0 Å². The summed E-state index contributed by atoms with van der Waals surface area (Å²) in [5.41, 5.74) is 0.322. The number of nitriles is 1. The first kappa shape index (κ1) is 12.1. The molecule has 90 valence electrons. The highest BCUT2D eigenvalue weighted by Crippen LogP contribution is 2.34. The average Bonchev–Trinajstić information content (AvgIpc) is 2.52. The molecule has 1 saturated heterocycles. The topological polar surface area (TPSA) is 27.0 Å². The van der Waals surface area contributed by atoms with E-state index in [1.54, 1.807) is 6.07 Å². The van der Waals surface area contributed by atoms with Gasteiger partial charge in [0.1, 0.15) is 5.82 Å². The maximum atomic E-state index is 13.3. The van der Waals surface area contributed by atoms with Gasteiger partial charge in [-0.1, -0.05) is 12.1 Å². The summed E-state index contributed by atoms with van der Waals surface area (Å²) in [5, 5.41) is 9.51. The summed E-state index contributed by atoms with van der Waals surface area (Å²) in [6.07, 6.45) is 2.58. The largest absolute Gasteiger partial charge is 0.306 e. The van der Waals surface area contributed by atoms with Gasteiger partial charge in [0.05, 0.1) is 11.5 Å². The molecule has 1 aliphatic heterocycles. The summed E-state index contributed by atoms with van der Waals surface area (Å²) in [6, 6.07) is 8.93. The molecule has 1 aromatic rings. The standard InChI is InChI=1S/C14H17FN2/c1-17-8-3-6-14(11-16,7-9-17)12-4-2-5-13(15)10-12/h2,4-5,10H,3,6-9H2,1H3. The molecule has 0 aliphatic carbocycles. The summed E-state index contributed by atoms with van der Waals surface area (Å²) < 4.78 is 13.3. The smallest absolute Gasteiger partial charge is 0.123 e. The molecule has 2 nitrogen and oxygen atoms in total. The third-order valence-corrected chi connectivity index (χ3v) is 3.65. The maximum absolute atomic E-state index is 13.3. The highest BCUT2D eigenvalue weighted by molar-refractivity contribution is 5.33. The van der Waals surface area contributed by atoms with Gasteiger partial charge in [0.25, 0.3) is 0 Å². The zero-order valence-corrected chi connectivity index (χ0v) is 10.1. The van der Waals surface area contributed by atoms with Gasteiger partial charge < -0.3 is 4.90 Å². The molecule has 0 aromatic heterocycles. The minimum atomic E-state index is -0.507. The Morgan fingerprint density at radius 1 is 1.35 bits per heavy atom. The van der Waals surface area contributed by atoms with Crippen molar-refractivity contribution in [3.05, 3.63) is 35.6 Å². The molecule has 1 heterocycles. The second kappa shape index (κ2) is 4.85. The lowest BCUT2D eigenvalue weighted by Gasteiger charge is -2.25. The first-order chi connectivity index (χ1) is 8.16. The molecule has 1 aromatic carbocycles. The fourth-order valence-electron chi connectivity index (χ4n) is 2.52. The van der Waals surface area contributed by atoms with E-state index in [4.69, 9.17) is 0 Å².